The van der Waals surface area contributed by atoms with Crippen LogP contribution in [0, 0.1) is 23.7 Å². The Hall–Kier alpha value is -1.54. The minimum Gasteiger partial charge on any atom is -0.462 e. The van der Waals surface area contributed by atoms with Crippen molar-refractivity contribution < 1.29 is 9.47 Å². The monoisotopic (exact) mass is 306 g/mol. The van der Waals surface area contributed by atoms with Crippen molar-refractivity contribution in [2.24, 2.45) is 23.7 Å². The van der Waals surface area contributed by atoms with Gasteiger partial charge in [0, 0.05) is 17.9 Å². The van der Waals surface area contributed by atoms with E-state index in [1.807, 2.05) is 0 Å². The van der Waals surface area contributed by atoms with Crippen molar-refractivity contribution in [3.05, 3.63) is 42.0 Å². The van der Waals surface area contributed by atoms with Gasteiger partial charge in [-0.1, -0.05) is 36.8 Å². The lowest BCUT2D eigenvalue weighted by atomic mass is 9.78. The van der Waals surface area contributed by atoms with E-state index in [9.17, 15) is 0 Å². The van der Waals surface area contributed by atoms with Crippen molar-refractivity contribution in [3.63, 3.8) is 0 Å². The average Bonchev–Trinajstić information content (AvgIpc) is 3.26. The summed E-state index contributed by atoms with van der Waals surface area (Å²) in [5.41, 5.74) is 1.24. The smallest absolute Gasteiger partial charge is 0.214 e. The molecule has 0 radical (unpaired) electrons. The highest BCUT2D eigenvalue weighted by Gasteiger charge is 2.64. The molecule has 6 rings (SSSR count). The Bertz CT molecular complexity index is 798. The molecule has 1 spiro atoms. The molecule has 0 amide bonds. The highest BCUT2D eigenvalue weighted by Crippen LogP contribution is 2.64. The van der Waals surface area contributed by atoms with Crippen molar-refractivity contribution in [2.75, 3.05) is 0 Å². The lowest BCUT2D eigenvalue weighted by molar-refractivity contribution is -0.246. The van der Waals surface area contributed by atoms with Gasteiger partial charge in [-0.3, -0.25) is 0 Å². The van der Waals surface area contributed by atoms with Crippen LogP contribution in [0.15, 0.2) is 36.4 Å². The van der Waals surface area contributed by atoms with Crippen LogP contribution in [0.25, 0.3) is 10.8 Å². The molecule has 5 unspecified atom stereocenters. The molecular formula is C21H22O2. The summed E-state index contributed by atoms with van der Waals surface area (Å²) in [6, 6.07) is 12.9. The molecule has 5 atom stereocenters. The van der Waals surface area contributed by atoms with Gasteiger partial charge in [-0.2, -0.15) is 0 Å². The summed E-state index contributed by atoms with van der Waals surface area (Å²) >= 11 is 0. The van der Waals surface area contributed by atoms with Crippen LogP contribution >= 0.6 is 0 Å². The largest absolute Gasteiger partial charge is 0.462 e. The van der Waals surface area contributed by atoms with Gasteiger partial charge in [-0.15, -0.1) is 0 Å². The lowest BCUT2D eigenvalue weighted by Crippen LogP contribution is -2.50. The summed E-state index contributed by atoms with van der Waals surface area (Å²) in [5.74, 6) is 4.05. The summed E-state index contributed by atoms with van der Waals surface area (Å²) < 4.78 is 13.1. The summed E-state index contributed by atoms with van der Waals surface area (Å²) in [6.45, 7) is 0.706. The average molecular weight is 306 g/mol. The molecule has 0 aromatic heterocycles. The third kappa shape index (κ3) is 1.58. The van der Waals surface area contributed by atoms with Gasteiger partial charge in [-0.25, -0.2) is 0 Å². The Balaban J connectivity index is 1.42. The molecule has 3 fully saturated rings. The predicted octanol–water partition coefficient (Wildman–Crippen LogP) is 4.90. The van der Waals surface area contributed by atoms with Crippen LogP contribution in [0.1, 0.15) is 37.7 Å². The molecule has 4 aliphatic rings. The third-order valence-corrected chi connectivity index (χ3v) is 7.16. The number of rotatable bonds is 0. The Morgan fingerprint density at radius 1 is 1.00 bits per heavy atom. The minimum absolute atomic E-state index is 0.314. The Morgan fingerprint density at radius 3 is 2.91 bits per heavy atom. The van der Waals surface area contributed by atoms with Crippen LogP contribution in [0.5, 0.6) is 5.75 Å². The molecule has 0 saturated heterocycles. The number of hydrogen-bond donors (Lipinski definition) is 0. The first-order valence-electron chi connectivity index (χ1n) is 9.18. The minimum atomic E-state index is -0.314. The van der Waals surface area contributed by atoms with Gasteiger partial charge >= 0.3 is 0 Å². The molecule has 2 bridgehead atoms. The molecular weight excluding hydrogens is 284 g/mol. The van der Waals surface area contributed by atoms with E-state index in [0.717, 1.165) is 29.9 Å². The van der Waals surface area contributed by atoms with Gasteiger partial charge in [0.2, 0.25) is 5.79 Å². The maximum Gasteiger partial charge on any atom is 0.214 e. The zero-order valence-electron chi connectivity index (χ0n) is 13.3. The molecule has 1 aliphatic heterocycles. The fraction of sp³-hybridized carbons (Fsp3) is 0.524. The first kappa shape index (κ1) is 12.8. The molecule has 3 aliphatic carbocycles. The topological polar surface area (TPSA) is 18.5 Å². The van der Waals surface area contributed by atoms with Crippen LogP contribution in [0.3, 0.4) is 0 Å². The van der Waals surface area contributed by atoms with Crippen molar-refractivity contribution in [2.45, 2.75) is 44.5 Å². The van der Waals surface area contributed by atoms with Crippen LogP contribution in [0.4, 0.5) is 0 Å². The van der Waals surface area contributed by atoms with E-state index >= 15 is 0 Å². The van der Waals surface area contributed by atoms with Gasteiger partial charge in [0.05, 0.1) is 6.61 Å². The zero-order valence-corrected chi connectivity index (χ0v) is 13.3. The van der Waals surface area contributed by atoms with Gasteiger partial charge < -0.3 is 9.47 Å². The summed E-state index contributed by atoms with van der Waals surface area (Å²) in [6.07, 6.45) is 6.71. The Kier molecular flexibility index (Phi) is 2.40. The second-order valence-electron chi connectivity index (χ2n) is 8.03. The van der Waals surface area contributed by atoms with Crippen LogP contribution < -0.4 is 4.74 Å². The molecule has 3 saturated carbocycles. The van der Waals surface area contributed by atoms with Crippen LogP contribution in [-0.2, 0) is 11.3 Å². The lowest BCUT2D eigenvalue weighted by Gasteiger charge is -2.45. The van der Waals surface area contributed by atoms with E-state index < -0.39 is 0 Å². The Labute approximate surface area is 136 Å². The molecule has 1 heterocycles. The first-order chi connectivity index (χ1) is 11.3. The molecule has 118 valence electrons. The molecule has 2 aromatic rings. The van der Waals surface area contributed by atoms with Crippen molar-refractivity contribution in [1.82, 2.24) is 0 Å². The SMILES string of the molecule is c1ccc2c3c(ccc2c1)OC1(CC2CC1C1CCCC21)OC3. The first-order valence-corrected chi connectivity index (χ1v) is 9.18. The summed E-state index contributed by atoms with van der Waals surface area (Å²) in [7, 11) is 0. The highest BCUT2D eigenvalue weighted by molar-refractivity contribution is 5.87. The maximum absolute atomic E-state index is 6.61. The maximum atomic E-state index is 6.61. The number of fused-ring (bicyclic) bond motifs is 9. The fourth-order valence-corrected chi connectivity index (χ4v) is 6.29. The van der Waals surface area contributed by atoms with Crippen LogP contribution in [0.2, 0.25) is 0 Å². The van der Waals surface area contributed by atoms with Gasteiger partial charge in [0.25, 0.3) is 0 Å². The third-order valence-electron chi connectivity index (χ3n) is 7.16. The number of benzene rings is 2. The second-order valence-corrected chi connectivity index (χ2v) is 8.03. The van der Waals surface area contributed by atoms with Crippen molar-refractivity contribution >= 4 is 10.8 Å². The van der Waals surface area contributed by atoms with Crippen molar-refractivity contribution in [3.8, 4) is 5.75 Å². The summed E-state index contributed by atoms with van der Waals surface area (Å²) in [4.78, 5) is 0. The fourth-order valence-electron chi connectivity index (χ4n) is 6.29. The summed E-state index contributed by atoms with van der Waals surface area (Å²) in [5, 5.41) is 2.56. The molecule has 0 N–H and O–H groups in total. The molecule has 2 aromatic carbocycles. The van der Waals surface area contributed by atoms with Gasteiger partial charge in [0.1, 0.15) is 5.75 Å². The Morgan fingerprint density at radius 2 is 1.91 bits per heavy atom. The number of ether oxygens (including phenoxy) is 2. The molecule has 23 heavy (non-hydrogen) atoms. The van der Waals surface area contributed by atoms with E-state index in [1.165, 1.54) is 42.0 Å². The molecule has 2 nitrogen and oxygen atoms in total. The van der Waals surface area contributed by atoms with Crippen molar-refractivity contribution in [1.29, 1.82) is 0 Å². The van der Waals surface area contributed by atoms with Gasteiger partial charge in [-0.05, 0) is 53.9 Å². The van der Waals surface area contributed by atoms with E-state index in [-0.39, 0.29) is 5.79 Å². The normalized spacial score (nSPS) is 40.3. The van der Waals surface area contributed by atoms with E-state index in [2.05, 4.69) is 36.4 Å². The van der Waals surface area contributed by atoms with E-state index in [1.54, 1.807) is 0 Å². The number of hydrogen-bond acceptors (Lipinski definition) is 2. The van der Waals surface area contributed by atoms with E-state index in [4.69, 9.17) is 9.47 Å². The quantitative estimate of drug-likeness (QED) is 0.689. The van der Waals surface area contributed by atoms with Gasteiger partial charge in [0.15, 0.2) is 0 Å². The van der Waals surface area contributed by atoms with Crippen LogP contribution in [-0.4, -0.2) is 5.79 Å². The zero-order chi connectivity index (χ0) is 15.0. The predicted molar refractivity (Wildman–Crippen MR) is 89.1 cm³/mol. The standard InChI is InChI=1S/C21H22O2/c1-2-5-15-13(4-1)8-9-20-18(15)12-22-21(23-20)11-14-10-19(21)17-7-3-6-16(14)17/h1-2,4-5,8-9,14,16-17,19H,3,6-7,10-12H2. The second kappa shape index (κ2) is 4.30. The van der Waals surface area contributed by atoms with E-state index in [0.29, 0.717) is 12.5 Å². The molecule has 2 heteroatoms. The highest BCUT2D eigenvalue weighted by atomic mass is 16.7.